The minimum atomic E-state index is -0.152. The molecule has 1 rings (SSSR count). The minimum Gasteiger partial charge on any atom is -0.472 e. The van der Waals surface area contributed by atoms with Gasteiger partial charge >= 0.3 is 0 Å². The molecule has 0 aliphatic carbocycles. The topological polar surface area (TPSA) is 44.1 Å². The maximum atomic E-state index is 10.9. The summed E-state index contributed by atoms with van der Waals surface area (Å²) >= 11 is 0. The fourth-order valence-corrected chi connectivity index (χ4v) is 0.702. The summed E-state index contributed by atoms with van der Waals surface area (Å²) in [6, 6.07) is 2.94. The molecular formula is C8H10N2O2. The van der Waals surface area contributed by atoms with Gasteiger partial charge in [0.25, 0.3) is 5.56 Å². The second kappa shape index (κ2) is 3.71. The number of aromatic nitrogens is 2. The maximum Gasteiger partial charge on any atom is 0.266 e. The van der Waals surface area contributed by atoms with E-state index in [1.165, 1.54) is 16.8 Å². The van der Waals surface area contributed by atoms with E-state index in [0.717, 1.165) is 0 Å². The van der Waals surface area contributed by atoms with Crippen molar-refractivity contribution in [3.05, 3.63) is 35.1 Å². The Morgan fingerprint density at radius 3 is 3.08 bits per heavy atom. The van der Waals surface area contributed by atoms with Crippen LogP contribution in [0.2, 0.25) is 0 Å². The first-order chi connectivity index (χ1) is 5.74. The summed E-state index contributed by atoms with van der Waals surface area (Å²) in [6.45, 7) is 3.89. The largest absolute Gasteiger partial charge is 0.472 e. The summed E-state index contributed by atoms with van der Waals surface area (Å²) in [7, 11) is 1.57. The fraction of sp³-hybridized carbons (Fsp3) is 0.250. The fourth-order valence-electron chi connectivity index (χ4n) is 0.702. The number of hydrogen-bond donors (Lipinski definition) is 0. The summed E-state index contributed by atoms with van der Waals surface area (Å²) in [5, 5.41) is 3.84. The lowest BCUT2D eigenvalue weighted by atomic mass is 10.5. The lowest BCUT2D eigenvalue weighted by Gasteiger charge is -2.01. The highest BCUT2D eigenvalue weighted by Gasteiger charge is 1.95. The molecule has 0 saturated carbocycles. The summed E-state index contributed by atoms with van der Waals surface area (Å²) in [5.74, 6) is 0.428. The third-order valence-corrected chi connectivity index (χ3v) is 1.29. The molecule has 0 bridgehead atoms. The van der Waals surface area contributed by atoms with E-state index in [1.54, 1.807) is 13.1 Å². The number of hydrogen-bond acceptors (Lipinski definition) is 3. The Morgan fingerprint density at radius 1 is 1.75 bits per heavy atom. The molecule has 0 spiro atoms. The Bertz CT molecular complexity index is 330. The zero-order valence-electron chi connectivity index (χ0n) is 6.86. The van der Waals surface area contributed by atoms with E-state index in [9.17, 15) is 4.79 Å². The Labute approximate surface area is 70.1 Å². The van der Waals surface area contributed by atoms with E-state index < -0.39 is 0 Å². The summed E-state index contributed by atoms with van der Waals surface area (Å²) in [6.07, 6.45) is 1.62. The first kappa shape index (κ1) is 8.52. The second-order valence-electron chi connectivity index (χ2n) is 2.23. The van der Waals surface area contributed by atoms with Gasteiger partial charge in [-0.05, 0) is 0 Å². The van der Waals surface area contributed by atoms with Gasteiger partial charge in [0.15, 0.2) is 0 Å². The van der Waals surface area contributed by atoms with Gasteiger partial charge in [-0.3, -0.25) is 4.79 Å². The van der Waals surface area contributed by atoms with Crippen LogP contribution in [-0.4, -0.2) is 16.4 Å². The van der Waals surface area contributed by atoms with E-state index >= 15 is 0 Å². The Kier molecular flexibility index (Phi) is 2.63. The van der Waals surface area contributed by atoms with Crippen LogP contribution in [0.4, 0.5) is 0 Å². The molecule has 4 nitrogen and oxygen atoms in total. The molecular weight excluding hydrogens is 156 g/mol. The lowest BCUT2D eigenvalue weighted by Crippen LogP contribution is -2.18. The standard InChI is InChI=1S/C8H10N2O2/c1-3-6-12-7-4-5-8(11)10(2)9-7/h3-5H,1,6H2,2H3. The van der Waals surface area contributed by atoms with Gasteiger partial charge in [0, 0.05) is 19.2 Å². The van der Waals surface area contributed by atoms with Crippen LogP contribution in [0.1, 0.15) is 0 Å². The highest BCUT2D eigenvalue weighted by molar-refractivity contribution is 5.06. The van der Waals surface area contributed by atoms with Crippen LogP contribution >= 0.6 is 0 Å². The second-order valence-corrected chi connectivity index (χ2v) is 2.23. The molecule has 0 atom stereocenters. The molecule has 0 fully saturated rings. The number of nitrogens with zero attached hydrogens (tertiary/aromatic N) is 2. The molecule has 4 heteroatoms. The number of aryl methyl sites for hydroxylation is 1. The lowest BCUT2D eigenvalue weighted by molar-refractivity contribution is 0.337. The van der Waals surface area contributed by atoms with Gasteiger partial charge < -0.3 is 4.74 Å². The van der Waals surface area contributed by atoms with Crippen molar-refractivity contribution in [1.29, 1.82) is 0 Å². The normalized spacial score (nSPS) is 9.42. The van der Waals surface area contributed by atoms with Gasteiger partial charge in [0.05, 0.1) is 0 Å². The zero-order valence-corrected chi connectivity index (χ0v) is 6.86. The molecule has 0 saturated heterocycles. The van der Waals surface area contributed by atoms with Crippen LogP contribution in [0.5, 0.6) is 5.88 Å². The zero-order chi connectivity index (χ0) is 8.97. The molecule has 0 unspecified atom stereocenters. The molecule has 12 heavy (non-hydrogen) atoms. The maximum absolute atomic E-state index is 10.9. The van der Waals surface area contributed by atoms with E-state index in [1.807, 2.05) is 0 Å². The number of ether oxygens (including phenoxy) is 1. The Hall–Kier alpha value is -1.58. The van der Waals surface area contributed by atoms with Gasteiger partial charge in [-0.25, -0.2) is 4.68 Å². The summed E-state index contributed by atoms with van der Waals surface area (Å²) < 4.78 is 6.32. The molecule has 0 aromatic carbocycles. The molecule has 1 heterocycles. The van der Waals surface area contributed by atoms with E-state index in [4.69, 9.17) is 4.74 Å². The van der Waals surface area contributed by atoms with Crippen LogP contribution < -0.4 is 10.3 Å². The average molecular weight is 166 g/mol. The predicted molar refractivity (Wildman–Crippen MR) is 45.2 cm³/mol. The smallest absolute Gasteiger partial charge is 0.266 e. The quantitative estimate of drug-likeness (QED) is 0.608. The average Bonchev–Trinajstić information content (AvgIpc) is 2.07. The molecule has 0 aliphatic rings. The van der Waals surface area contributed by atoms with Crippen molar-refractivity contribution in [3.63, 3.8) is 0 Å². The highest BCUT2D eigenvalue weighted by atomic mass is 16.5. The molecule has 0 amide bonds. The van der Waals surface area contributed by atoms with Gasteiger partial charge in [0.2, 0.25) is 5.88 Å². The van der Waals surface area contributed by atoms with Gasteiger partial charge in [-0.1, -0.05) is 12.7 Å². The molecule has 64 valence electrons. The molecule has 0 aliphatic heterocycles. The molecule has 0 N–H and O–H groups in total. The van der Waals surface area contributed by atoms with Crippen molar-refractivity contribution in [2.24, 2.45) is 7.05 Å². The van der Waals surface area contributed by atoms with Crippen molar-refractivity contribution in [1.82, 2.24) is 9.78 Å². The van der Waals surface area contributed by atoms with Crippen LogP contribution in [0.3, 0.4) is 0 Å². The van der Waals surface area contributed by atoms with E-state index in [0.29, 0.717) is 12.5 Å². The summed E-state index contributed by atoms with van der Waals surface area (Å²) in [4.78, 5) is 10.9. The van der Waals surface area contributed by atoms with E-state index in [2.05, 4.69) is 11.7 Å². The molecule has 1 aromatic rings. The third kappa shape index (κ3) is 1.95. The Balaban J connectivity index is 2.82. The van der Waals surface area contributed by atoms with Crippen LogP contribution in [-0.2, 0) is 7.05 Å². The van der Waals surface area contributed by atoms with Gasteiger partial charge in [0.1, 0.15) is 6.61 Å². The monoisotopic (exact) mass is 166 g/mol. The molecule has 0 radical (unpaired) electrons. The number of rotatable bonds is 3. The van der Waals surface area contributed by atoms with Crippen molar-refractivity contribution in [3.8, 4) is 5.88 Å². The first-order valence-electron chi connectivity index (χ1n) is 3.52. The van der Waals surface area contributed by atoms with Crippen LogP contribution in [0, 0.1) is 0 Å². The Morgan fingerprint density at radius 2 is 2.50 bits per heavy atom. The molecule has 1 aromatic heterocycles. The van der Waals surface area contributed by atoms with Gasteiger partial charge in [-0.2, -0.15) is 0 Å². The minimum absolute atomic E-state index is 0.152. The highest BCUT2D eigenvalue weighted by Crippen LogP contribution is 1.99. The van der Waals surface area contributed by atoms with Crippen molar-refractivity contribution in [2.45, 2.75) is 0 Å². The van der Waals surface area contributed by atoms with Crippen molar-refractivity contribution < 1.29 is 4.74 Å². The first-order valence-corrected chi connectivity index (χ1v) is 3.52. The van der Waals surface area contributed by atoms with Crippen LogP contribution in [0.25, 0.3) is 0 Å². The van der Waals surface area contributed by atoms with Crippen molar-refractivity contribution in [2.75, 3.05) is 6.61 Å². The summed E-state index contributed by atoms with van der Waals surface area (Å²) in [5.41, 5.74) is -0.152. The van der Waals surface area contributed by atoms with Gasteiger partial charge in [-0.15, -0.1) is 5.10 Å². The van der Waals surface area contributed by atoms with Crippen molar-refractivity contribution >= 4 is 0 Å². The third-order valence-electron chi connectivity index (χ3n) is 1.29. The van der Waals surface area contributed by atoms with E-state index in [-0.39, 0.29) is 5.56 Å². The predicted octanol–water partition coefficient (Wildman–Crippen LogP) is 0.345. The SMILES string of the molecule is C=CCOc1ccc(=O)n(C)n1. The van der Waals surface area contributed by atoms with Crippen LogP contribution in [0.15, 0.2) is 29.6 Å².